The molecule has 1 aromatic carbocycles. The molecule has 3 fully saturated rings. The summed E-state index contributed by atoms with van der Waals surface area (Å²) in [5.41, 5.74) is 1.42. The van der Waals surface area contributed by atoms with Gasteiger partial charge in [-0.15, -0.1) is 0 Å². The predicted octanol–water partition coefficient (Wildman–Crippen LogP) is 6.79. The van der Waals surface area contributed by atoms with Crippen LogP contribution < -0.4 is 20.4 Å². The standard InChI is InChI=1S/C30H43ClN6S/c1-22-17-23(2)20-37(19-22)27-18-26(36-15-7-3-4-8-16-36)33-28(34-27)35-29(38)32-21-30(13-5-6-14-30)24-9-11-25(31)12-10-24/h9-12,18,22-23H,3-8,13-17,19-21H2,1-2H3,(H2,32,33,34,35,38)/t22-,23-/m0/s1. The van der Waals surface area contributed by atoms with E-state index in [-0.39, 0.29) is 5.41 Å². The minimum atomic E-state index is 0.0797. The van der Waals surface area contributed by atoms with Gasteiger partial charge in [0.05, 0.1) is 0 Å². The number of rotatable bonds is 6. The van der Waals surface area contributed by atoms with Crippen LogP contribution in [-0.2, 0) is 5.41 Å². The molecule has 1 aromatic heterocycles. The normalized spacial score (nSPS) is 23.7. The number of halogens is 1. The molecule has 2 aliphatic heterocycles. The highest BCUT2D eigenvalue weighted by Crippen LogP contribution is 2.41. The molecule has 1 aliphatic carbocycles. The Balaban J connectivity index is 1.33. The molecule has 0 amide bonds. The maximum atomic E-state index is 6.18. The van der Waals surface area contributed by atoms with Crippen molar-refractivity contribution in [3.05, 3.63) is 40.9 Å². The lowest BCUT2D eigenvalue weighted by Crippen LogP contribution is -2.41. The molecule has 2 N–H and O–H groups in total. The molecular weight excluding hydrogens is 512 g/mol. The van der Waals surface area contributed by atoms with Crippen molar-refractivity contribution in [1.29, 1.82) is 0 Å². The summed E-state index contributed by atoms with van der Waals surface area (Å²) in [7, 11) is 0. The summed E-state index contributed by atoms with van der Waals surface area (Å²) in [4.78, 5) is 14.8. The quantitative estimate of drug-likeness (QED) is 0.381. The van der Waals surface area contributed by atoms with Gasteiger partial charge < -0.3 is 20.4 Å². The number of benzene rings is 1. The van der Waals surface area contributed by atoms with E-state index in [0.717, 1.165) is 62.2 Å². The molecule has 1 saturated carbocycles. The fraction of sp³-hybridized carbons (Fsp3) is 0.633. The number of hydrogen-bond acceptors (Lipinski definition) is 5. The van der Waals surface area contributed by atoms with E-state index in [1.807, 2.05) is 12.1 Å². The summed E-state index contributed by atoms with van der Waals surface area (Å²) < 4.78 is 0. The Kier molecular flexibility index (Phi) is 8.94. The van der Waals surface area contributed by atoms with E-state index in [1.165, 1.54) is 50.5 Å². The third kappa shape index (κ3) is 6.71. The molecule has 0 unspecified atom stereocenters. The second-order valence-electron chi connectivity index (χ2n) is 12.0. The van der Waals surface area contributed by atoms with Gasteiger partial charge in [0.25, 0.3) is 0 Å². The van der Waals surface area contributed by atoms with Crippen LogP contribution in [0.5, 0.6) is 0 Å². The van der Waals surface area contributed by atoms with Gasteiger partial charge in [-0.1, -0.05) is 63.3 Å². The fourth-order valence-corrected chi connectivity index (χ4v) is 7.06. The van der Waals surface area contributed by atoms with E-state index in [0.29, 0.717) is 22.9 Å². The smallest absolute Gasteiger partial charge is 0.232 e. The van der Waals surface area contributed by atoms with Crippen molar-refractivity contribution in [1.82, 2.24) is 15.3 Å². The van der Waals surface area contributed by atoms with Crippen LogP contribution in [0.1, 0.15) is 77.2 Å². The van der Waals surface area contributed by atoms with Gasteiger partial charge in [0.2, 0.25) is 5.95 Å². The van der Waals surface area contributed by atoms with Gasteiger partial charge in [-0.05, 0) is 73.9 Å². The predicted molar refractivity (Wildman–Crippen MR) is 164 cm³/mol. The van der Waals surface area contributed by atoms with E-state index in [9.17, 15) is 0 Å². The molecule has 3 heterocycles. The molecule has 0 radical (unpaired) electrons. The van der Waals surface area contributed by atoms with Gasteiger partial charge >= 0.3 is 0 Å². The Hall–Kier alpha value is -2.12. The van der Waals surface area contributed by atoms with Crippen LogP contribution in [0.4, 0.5) is 17.6 Å². The van der Waals surface area contributed by atoms with Crippen molar-refractivity contribution >= 4 is 46.5 Å². The molecule has 2 atom stereocenters. The molecule has 38 heavy (non-hydrogen) atoms. The summed E-state index contributed by atoms with van der Waals surface area (Å²) in [6, 6.07) is 10.5. The average molecular weight is 555 g/mol. The first-order valence-corrected chi connectivity index (χ1v) is 15.4. The lowest BCUT2D eigenvalue weighted by atomic mass is 9.79. The van der Waals surface area contributed by atoms with Crippen LogP contribution in [0.3, 0.4) is 0 Å². The van der Waals surface area contributed by atoms with Crippen molar-refractivity contribution in [2.45, 2.75) is 77.0 Å². The number of thiocarbonyl (C=S) groups is 1. The van der Waals surface area contributed by atoms with Crippen LogP contribution in [0.25, 0.3) is 0 Å². The Morgan fingerprint density at radius 3 is 2.16 bits per heavy atom. The minimum absolute atomic E-state index is 0.0797. The first kappa shape index (κ1) is 27.4. The van der Waals surface area contributed by atoms with E-state index in [2.05, 4.69) is 52.5 Å². The number of anilines is 3. The van der Waals surface area contributed by atoms with Crippen molar-refractivity contribution < 1.29 is 0 Å². The molecule has 2 saturated heterocycles. The van der Waals surface area contributed by atoms with E-state index >= 15 is 0 Å². The van der Waals surface area contributed by atoms with Crippen molar-refractivity contribution in [3.8, 4) is 0 Å². The summed E-state index contributed by atoms with van der Waals surface area (Å²) in [5.74, 6) is 3.94. The summed E-state index contributed by atoms with van der Waals surface area (Å²) >= 11 is 12.0. The van der Waals surface area contributed by atoms with Crippen molar-refractivity contribution in [3.63, 3.8) is 0 Å². The van der Waals surface area contributed by atoms with Gasteiger partial charge in [0.1, 0.15) is 11.6 Å². The Morgan fingerprint density at radius 2 is 1.53 bits per heavy atom. The molecule has 206 valence electrons. The maximum Gasteiger partial charge on any atom is 0.232 e. The molecule has 8 heteroatoms. The third-order valence-electron chi connectivity index (χ3n) is 8.65. The largest absolute Gasteiger partial charge is 0.361 e. The maximum absolute atomic E-state index is 6.18. The van der Waals surface area contributed by atoms with Crippen LogP contribution in [-0.4, -0.2) is 47.8 Å². The average Bonchev–Trinajstić information content (AvgIpc) is 3.21. The van der Waals surface area contributed by atoms with E-state index < -0.39 is 0 Å². The summed E-state index contributed by atoms with van der Waals surface area (Å²) in [6.07, 6.45) is 11.1. The zero-order chi connectivity index (χ0) is 26.5. The van der Waals surface area contributed by atoms with Gasteiger partial charge in [-0.25, -0.2) is 0 Å². The van der Waals surface area contributed by atoms with Crippen LogP contribution in [0.2, 0.25) is 5.02 Å². The number of nitrogens with zero attached hydrogens (tertiary/aromatic N) is 4. The van der Waals surface area contributed by atoms with Gasteiger partial charge in [0.15, 0.2) is 5.11 Å². The molecule has 6 nitrogen and oxygen atoms in total. The topological polar surface area (TPSA) is 56.3 Å². The summed E-state index contributed by atoms with van der Waals surface area (Å²) in [5, 5.41) is 8.26. The van der Waals surface area contributed by atoms with Crippen LogP contribution >= 0.6 is 23.8 Å². The van der Waals surface area contributed by atoms with Crippen molar-refractivity contribution in [2.24, 2.45) is 11.8 Å². The minimum Gasteiger partial charge on any atom is -0.361 e. The van der Waals surface area contributed by atoms with E-state index in [4.69, 9.17) is 33.8 Å². The fourth-order valence-electron chi connectivity index (χ4n) is 6.77. The van der Waals surface area contributed by atoms with Gasteiger partial charge in [-0.3, -0.25) is 0 Å². The zero-order valence-electron chi connectivity index (χ0n) is 23.0. The molecule has 0 spiro atoms. The number of piperidine rings is 1. The zero-order valence-corrected chi connectivity index (χ0v) is 24.6. The third-order valence-corrected chi connectivity index (χ3v) is 9.15. The molecular formula is C30H43ClN6S. The monoisotopic (exact) mass is 554 g/mol. The Bertz CT molecular complexity index is 1070. The highest BCUT2D eigenvalue weighted by atomic mass is 35.5. The molecule has 2 aromatic rings. The SMILES string of the molecule is C[C@H]1C[C@H](C)CN(c2cc(N3CCCCCC3)nc(NC(=S)NCC3(c4ccc(Cl)cc4)CCCC3)n2)C1. The Labute approximate surface area is 238 Å². The van der Waals surface area contributed by atoms with Gasteiger partial charge in [-0.2, -0.15) is 9.97 Å². The second-order valence-corrected chi connectivity index (χ2v) is 12.8. The van der Waals surface area contributed by atoms with Crippen molar-refractivity contribution in [2.75, 3.05) is 47.8 Å². The first-order chi connectivity index (χ1) is 18.4. The number of nitrogens with one attached hydrogen (secondary N) is 2. The summed E-state index contributed by atoms with van der Waals surface area (Å²) in [6.45, 7) is 9.65. The lowest BCUT2D eigenvalue weighted by molar-refractivity contribution is 0.355. The van der Waals surface area contributed by atoms with Gasteiger partial charge in [0, 0.05) is 49.2 Å². The first-order valence-electron chi connectivity index (χ1n) is 14.6. The highest BCUT2D eigenvalue weighted by Gasteiger charge is 2.35. The number of aromatic nitrogens is 2. The Morgan fingerprint density at radius 1 is 0.921 bits per heavy atom. The van der Waals surface area contributed by atoms with E-state index in [1.54, 1.807) is 0 Å². The van der Waals surface area contributed by atoms with Crippen LogP contribution in [0.15, 0.2) is 30.3 Å². The molecule has 5 rings (SSSR count). The highest BCUT2D eigenvalue weighted by molar-refractivity contribution is 7.80. The number of hydrogen-bond donors (Lipinski definition) is 2. The lowest BCUT2D eigenvalue weighted by Gasteiger charge is -2.36. The second kappa shape index (κ2) is 12.4. The molecule has 0 bridgehead atoms. The molecule has 3 aliphatic rings. The van der Waals surface area contributed by atoms with Crippen LogP contribution in [0, 0.1) is 11.8 Å².